The lowest BCUT2D eigenvalue weighted by molar-refractivity contribution is 0.255. The number of nitrogens with one attached hydrogen (secondary N) is 1. The lowest BCUT2D eigenvalue weighted by atomic mass is 10.0. The summed E-state index contributed by atoms with van der Waals surface area (Å²) in [6.07, 6.45) is 4.68. The average molecular weight is 224 g/mol. The molecule has 0 fully saturated rings. The van der Waals surface area contributed by atoms with Crippen molar-refractivity contribution < 1.29 is 5.11 Å². The minimum atomic E-state index is 0.234. The Morgan fingerprint density at radius 2 is 2.31 bits per heavy atom. The molecule has 5 nitrogen and oxygen atoms in total. The largest absolute Gasteiger partial charge is 0.396 e. The van der Waals surface area contributed by atoms with Gasteiger partial charge in [-0.05, 0) is 24.8 Å². The summed E-state index contributed by atoms with van der Waals surface area (Å²) in [4.78, 5) is 7.88. The van der Waals surface area contributed by atoms with Gasteiger partial charge >= 0.3 is 0 Å². The van der Waals surface area contributed by atoms with Gasteiger partial charge in [0.15, 0.2) is 0 Å². The van der Waals surface area contributed by atoms with E-state index in [-0.39, 0.29) is 12.6 Å². The summed E-state index contributed by atoms with van der Waals surface area (Å²) in [6, 6.07) is 1.79. The minimum absolute atomic E-state index is 0.234. The minimum Gasteiger partial charge on any atom is -0.396 e. The second kappa shape index (κ2) is 7.00. The fourth-order valence-corrected chi connectivity index (χ4v) is 1.66. The topological polar surface area (TPSA) is 84.1 Å². The van der Waals surface area contributed by atoms with Crippen molar-refractivity contribution in [2.45, 2.75) is 26.2 Å². The summed E-state index contributed by atoms with van der Waals surface area (Å²) >= 11 is 0. The standard InChI is InChI=1S/C11H20N4O/c1-2-3-9(5-7-16)8-14-10-4-6-13-11(12)15-10/h4,6,9,16H,2-3,5,7-8H2,1H3,(H3,12,13,14,15). The predicted molar refractivity (Wildman–Crippen MR) is 65.0 cm³/mol. The zero-order valence-corrected chi connectivity index (χ0v) is 9.69. The van der Waals surface area contributed by atoms with Crippen LogP contribution in [0, 0.1) is 5.92 Å². The molecule has 1 unspecified atom stereocenters. The molecule has 90 valence electrons. The van der Waals surface area contributed by atoms with E-state index < -0.39 is 0 Å². The third kappa shape index (κ3) is 4.44. The second-order valence-electron chi connectivity index (χ2n) is 3.85. The summed E-state index contributed by atoms with van der Waals surface area (Å²) in [7, 11) is 0. The molecule has 0 saturated carbocycles. The quantitative estimate of drug-likeness (QED) is 0.649. The van der Waals surface area contributed by atoms with Crippen LogP contribution in [0.1, 0.15) is 26.2 Å². The summed E-state index contributed by atoms with van der Waals surface area (Å²) < 4.78 is 0. The Kier molecular flexibility index (Phi) is 5.56. The average Bonchev–Trinajstić information content (AvgIpc) is 2.27. The monoisotopic (exact) mass is 224 g/mol. The maximum absolute atomic E-state index is 8.93. The maximum Gasteiger partial charge on any atom is 0.221 e. The lowest BCUT2D eigenvalue weighted by Gasteiger charge is -2.15. The van der Waals surface area contributed by atoms with Crippen molar-refractivity contribution in [1.29, 1.82) is 0 Å². The van der Waals surface area contributed by atoms with E-state index in [1.54, 1.807) is 12.3 Å². The number of nitrogens with zero attached hydrogens (tertiary/aromatic N) is 2. The van der Waals surface area contributed by atoms with Crippen LogP contribution in [0.15, 0.2) is 12.3 Å². The predicted octanol–water partition coefficient (Wildman–Crippen LogP) is 1.27. The van der Waals surface area contributed by atoms with E-state index in [9.17, 15) is 0 Å². The Labute approximate surface area is 96.1 Å². The molecule has 0 aliphatic rings. The van der Waals surface area contributed by atoms with Crippen LogP contribution in [0.4, 0.5) is 11.8 Å². The first kappa shape index (κ1) is 12.7. The van der Waals surface area contributed by atoms with Crippen molar-refractivity contribution in [3.63, 3.8) is 0 Å². The molecule has 1 heterocycles. The van der Waals surface area contributed by atoms with E-state index in [2.05, 4.69) is 22.2 Å². The normalized spacial score (nSPS) is 12.4. The van der Waals surface area contributed by atoms with Crippen molar-refractivity contribution in [3.05, 3.63) is 12.3 Å². The van der Waals surface area contributed by atoms with Gasteiger partial charge in [0.05, 0.1) is 0 Å². The van der Waals surface area contributed by atoms with E-state index in [1.807, 2.05) is 0 Å². The number of nitrogen functional groups attached to an aromatic ring is 1. The van der Waals surface area contributed by atoms with E-state index in [4.69, 9.17) is 10.8 Å². The van der Waals surface area contributed by atoms with Crippen molar-refractivity contribution in [2.75, 3.05) is 24.2 Å². The molecule has 1 rings (SSSR count). The number of aliphatic hydroxyl groups is 1. The van der Waals surface area contributed by atoms with E-state index in [1.165, 1.54) is 0 Å². The van der Waals surface area contributed by atoms with Gasteiger partial charge in [0, 0.05) is 19.3 Å². The van der Waals surface area contributed by atoms with Gasteiger partial charge in [0.25, 0.3) is 0 Å². The highest BCUT2D eigenvalue weighted by Gasteiger charge is 2.07. The summed E-state index contributed by atoms with van der Waals surface area (Å²) in [5, 5.41) is 12.1. The highest BCUT2D eigenvalue weighted by atomic mass is 16.3. The van der Waals surface area contributed by atoms with Crippen LogP contribution in [-0.4, -0.2) is 28.2 Å². The van der Waals surface area contributed by atoms with Crippen LogP contribution in [0.5, 0.6) is 0 Å². The maximum atomic E-state index is 8.93. The SMILES string of the molecule is CCCC(CCO)CNc1ccnc(N)n1. The first-order valence-corrected chi connectivity index (χ1v) is 5.69. The molecular weight excluding hydrogens is 204 g/mol. The molecule has 0 bridgehead atoms. The third-order valence-electron chi connectivity index (χ3n) is 2.48. The number of anilines is 2. The van der Waals surface area contributed by atoms with Crippen molar-refractivity contribution in [1.82, 2.24) is 9.97 Å². The number of nitrogens with two attached hydrogens (primary N) is 1. The molecule has 1 atom stereocenters. The molecule has 0 saturated heterocycles. The molecule has 4 N–H and O–H groups in total. The zero-order chi connectivity index (χ0) is 11.8. The van der Waals surface area contributed by atoms with Crippen LogP contribution >= 0.6 is 0 Å². The van der Waals surface area contributed by atoms with Gasteiger partial charge in [-0.3, -0.25) is 0 Å². The Hall–Kier alpha value is -1.36. The molecule has 0 aliphatic heterocycles. The highest BCUT2D eigenvalue weighted by molar-refractivity contribution is 5.37. The molecule has 1 aromatic rings. The number of hydrogen-bond acceptors (Lipinski definition) is 5. The van der Waals surface area contributed by atoms with Crippen molar-refractivity contribution in [3.8, 4) is 0 Å². The first-order chi connectivity index (χ1) is 7.76. The number of rotatable bonds is 7. The lowest BCUT2D eigenvalue weighted by Crippen LogP contribution is -2.16. The van der Waals surface area contributed by atoms with E-state index >= 15 is 0 Å². The van der Waals surface area contributed by atoms with Crippen LogP contribution in [0.25, 0.3) is 0 Å². The van der Waals surface area contributed by atoms with Crippen LogP contribution in [0.2, 0.25) is 0 Å². The molecule has 5 heteroatoms. The Morgan fingerprint density at radius 1 is 1.50 bits per heavy atom. The molecule has 0 aliphatic carbocycles. The van der Waals surface area contributed by atoms with Crippen molar-refractivity contribution in [2.24, 2.45) is 5.92 Å². The number of aromatic nitrogens is 2. The summed E-state index contributed by atoms with van der Waals surface area (Å²) in [5.74, 6) is 1.50. The summed E-state index contributed by atoms with van der Waals surface area (Å²) in [6.45, 7) is 3.19. The van der Waals surface area contributed by atoms with Gasteiger partial charge < -0.3 is 16.2 Å². The Balaban J connectivity index is 2.41. The first-order valence-electron chi connectivity index (χ1n) is 5.69. The zero-order valence-electron chi connectivity index (χ0n) is 9.69. The van der Waals surface area contributed by atoms with Gasteiger partial charge in [-0.15, -0.1) is 0 Å². The summed E-state index contributed by atoms with van der Waals surface area (Å²) in [5.41, 5.74) is 5.48. The number of hydrogen-bond donors (Lipinski definition) is 3. The molecular formula is C11H20N4O. The molecule has 0 radical (unpaired) electrons. The fourth-order valence-electron chi connectivity index (χ4n) is 1.66. The Morgan fingerprint density at radius 3 is 2.94 bits per heavy atom. The fraction of sp³-hybridized carbons (Fsp3) is 0.636. The molecule has 0 amide bonds. The highest BCUT2D eigenvalue weighted by Crippen LogP contribution is 2.12. The molecule has 0 spiro atoms. The smallest absolute Gasteiger partial charge is 0.221 e. The van der Waals surface area contributed by atoms with Crippen LogP contribution < -0.4 is 11.1 Å². The van der Waals surface area contributed by atoms with Crippen LogP contribution in [-0.2, 0) is 0 Å². The van der Waals surface area contributed by atoms with Crippen LogP contribution in [0.3, 0.4) is 0 Å². The van der Waals surface area contributed by atoms with Gasteiger partial charge in [-0.25, -0.2) is 4.98 Å². The second-order valence-corrected chi connectivity index (χ2v) is 3.85. The van der Waals surface area contributed by atoms with Gasteiger partial charge in [-0.1, -0.05) is 13.3 Å². The Bertz CT molecular complexity index is 300. The third-order valence-corrected chi connectivity index (χ3v) is 2.48. The molecule has 1 aromatic heterocycles. The van der Waals surface area contributed by atoms with Gasteiger partial charge in [0.2, 0.25) is 5.95 Å². The van der Waals surface area contributed by atoms with Gasteiger partial charge in [0.1, 0.15) is 5.82 Å². The molecule has 16 heavy (non-hydrogen) atoms. The van der Waals surface area contributed by atoms with E-state index in [0.29, 0.717) is 5.92 Å². The van der Waals surface area contributed by atoms with Crippen molar-refractivity contribution >= 4 is 11.8 Å². The van der Waals surface area contributed by atoms with E-state index in [0.717, 1.165) is 31.6 Å². The molecule has 0 aromatic carbocycles. The van der Waals surface area contributed by atoms with Gasteiger partial charge in [-0.2, -0.15) is 4.98 Å². The number of aliphatic hydroxyl groups excluding tert-OH is 1.